The van der Waals surface area contributed by atoms with Crippen molar-refractivity contribution in [2.24, 2.45) is 0 Å². The summed E-state index contributed by atoms with van der Waals surface area (Å²) < 4.78 is 13.8. The summed E-state index contributed by atoms with van der Waals surface area (Å²) in [6, 6.07) is 6.01. The minimum atomic E-state index is -0.463. The van der Waals surface area contributed by atoms with Gasteiger partial charge in [0.15, 0.2) is 0 Å². The molecule has 1 heterocycles. The molecule has 1 aromatic carbocycles. The maximum atomic E-state index is 5.52. The first-order valence-electron chi connectivity index (χ1n) is 6.57. The Morgan fingerprint density at radius 3 is 2.55 bits per heavy atom. The van der Waals surface area contributed by atoms with Crippen molar-refractivity contribution in [1.82, 2.24) is 15.0 Å². The first-order chi connectivity index (χ1) is 9.65. The summed E-state index contributed by atoms with van der Waals surface area (Å²) in [7, 11) is 0. The topological polar surface area (TPSA) is 49.2 Å². The zero-order chi connectivity index (χ0) is 14.5. The number of hydrogen-bond donors (Lipinski definition) is 0. The quantitative estimate of drug-likeness (QED) is 0.756. The highest BCUT2D eigenvalue weighted by molar-refractivity contribution is 9.10. The molecule has 0 spiro atoms. The van der Waals surface area contributed by atoms with Gasteiger partial charge < -0.3 is 9.47 Å². The van der Waals surface area contributed by atoms with Crippen molar-refractivity contribution >= 4 is 15.9 Å². The minimum Gasteiger partial charge on any atom is -0.347 e. The van der Waals surface area contributed by atoms with E-state index in [1.807, 2.05) is 45.2 Å². The molecule has 0 aliphatic heterocycles. The number of benzene rings is 1. The van der Waals surface area contributed by atoms with Gasteiger partial charge in [0, 0.05) is 17.7 Å². The third-order valence-electron chi connectivity index (χ3n) is 2.79. The van der Waals surface area contributed by atoms with E-state index in [0.717, 1.165) is 15.7 Å². The number of halogens is 1. The fourth-order valence-electron chi connectivity index (χ4n) is 1.90. The van der Waals surface area contributed by atoms with Crippen molar-refractivity contribution in [3.05, 3.63) is 40.1 Å². The molecule has 0 aliphatic carbocycles. The van der Waals surface area contributed by atoms with Gasteiger partial charge in [-0.05, 0) is 44.5 Å². The van der Waals surface area contributed by atoms with Crippen LogP contribution in [0.25, 0.3) is 5.69 Å². The van der Waals surface area contributed by atoms with Gasteiger partial charge in [0.1, 0.15) is 5.69 Å². The second-order valence-electron chi connectivity index (χ2n) is 4.26. The summed E-state index contributed by atoms with van der Waals surface area (Å²) in [5.41, 5.74) is 2.77. The summed E-state index contributed by atoms with van der Waals surface area (Å²) in [5, 5.41) is 8.30. The Hall–Kier alpha value is -1.24. The minimum absolute atomic E-state index is 0.463. The van der Waals surface area contributed by atoms with Crippen molar-refractivity contribution in [2.75, 3.05) is 13.2 Å². The van der Waals surface area contributed by atoms with Crippen LogP contribution in [0.3, 0.4) is 0 Å². The molecule has 6 heteroatoms. The number of ether oxygens (including phenoxy) is 2. The van der Waals surface area contributed by atoms with Crippen LogP contribution in [0, 0.1) is 6.92 Å². The van der Waals surface area contributed by atoms with E-state index in [1.165, 1.54) is 0 Å². The number of aryl methyl sites for hydroxylation is 1. The van der Waals surface area contributed by atoms with Crippen LogP contribution >= 0.6 is 15.9 Å². The molecule has 0 atom stereocenters. The van der Waals surface area contributed by atoms with Crippen LogP contribution in [-0.2, 0) is 9.47 Å². The molecule has 0 aliphatic rings. The Bertz CT molecular complexity index is 565. The maximum absolute atomic E-state index is 5.52. The van der Waals surface area contributed by atoms with E-state index in [2.05, 4.69) is 26.2 Å². The predicted octanol–water partition coefficient (Wildman–Crippen LogP) is 3.41. The Morgan fingerprint density at radius 2 is 1.95 bits per heavy atom. The van der Waals surface area contributed by atoms with Gasteiger partial charge in [-0.2, -0.15) is 0 Å². The summed E-state index contributed by atoms with van der Waals surface area (Å²) in [5.74, 6) is 0. The smallest absolute Gasteiger partial charge is 0.204 e. The largest absolute Gasteiger partial charge is 0.347 e. The van der Waals surface area contributed by atoms with Gasteiger partial charge in [-0.15, -0.1) is 5.10 Å². The predicted molar refractivity (Wildman–Crippen MR) is 79.8 cm³/mol. The number of nitrogens with zero attached hydrogens (tertiary/aromatic N) is 3. The Labute approximate surface area is 127 Å². The fourth-order valence-corrected chi connectivity index (χ4v) is 2.38. The van der Waals surface area contributed by atoms with Gasteiger partial charge in [-0.3, -0.25) is 0 Å². The van der Waals surface area contributed by atoms with E-state index in [-0.39, 0.29) is 0 Å². The molecular weight excluding hydrogens is 322 g/mol. The lowest BCUT2D eigenvalue weighted by Gasteiger charge is -2.13. The van der Waals surface area contributed by atoms with Gasteiger partial charge in [0.05, 0.1) is 11.9 Å². The summed E-state index contributed by atoms with van der Waals surface area (Å²) in [6.07, 6.45) is 1.38. The van der Waals surface area contributed by atoms with Gasteiger partial charge in [-0.25, -0.2) is 4.68 Å². The van der Waals surface area contributed by atoms with Crippen molar-refractivity contribution < 1.29 is 9.47 Å². The summed E-state index contributed by atoms with van der Waals surface area (Å²) >= 11 is 3.45. The van der Waals surface area contributed by atoms with E-state index >= 15 is 0 Å². The monoisotopic (exact) mass is 339 g/mol. The van der Waals surface area contributed by atoms with Crippen LogP contribution in [0.1, 0.15) is 31.4 Å². The SMILES string of the molecule is CCOC(OCC)c1cn(-c2ccc(Br)cc2C)nn1. The summed E-state index contributed by atoms with van der Waals surface area (Å²) in [4.78, 5) is 0. The fraction of sp³-hybridized carbons (Fsp3) is 0.429. The molecule has 0 amide bonds. The molecule has 5 nitrogen and oxygen atoms in total. The number of hydrogen-bond acceptors (Lipinski definition) is 4. The van der Waals surface area contributed by atoms with Crippen LogP contribution < -0.4 is 0 Å². The van der Waals surface area contributed by atoms with E-state index < -0.39 is 6.29 Å². The molecule has 0 bridgehead atoms. The second kappa shape index (κ2) is 6.97. The van der Waals surface area contributed by atoms with E-state index in [9.17, 15) is 0 Å². The average Bonchev–Trinajstić information content (AvgIpc) is 2.88. The standard InChI is InChI=1S/C14H18BrN3O2/c1-4-19-14(20-5-2)12-9-18(17-16-12)13-7-6-11(15)8-10(13)3/h6-9,14H,4-5H2,1-3H3. The van der Waals surface area contributed by atoms with Gasteiger partial charge in [0.25, 0.3) is 0 Å². The first kappa shape index (κ1) is 15.2. The van der Waals surface area contributed by atoms with Crippen LogP contribution in [0.5, 0.6) is 0 Å². The molecule has 2 aromatic rings. The molecule has 0 fully saturated rings. The van der Waals surface area contributed by atoms with Crippen LogP contribution in [-0.4, -0.2) is 28.2 Å². The van der Waals surface area contributed by atoms with E-state index in [0.29, 0.717) is 18.9 Å². The van der Waals surface area contributed by atoms with E-state index in [1.54, 1.807) is 4.68 Å². The lowest BCUT2D eigenvalue weighted by Crippen LogP contribution is -2.09. The van der Waals surface area contributed by atoms with Crippen molar-refractivity contribution in [3.63, 3.8) is 0 Å². The van der Waals surface area contributed by atoms with Crippen LogP contribution in [0.15, 0.2) is 28.9 Å². The van der Waals surface area contributed by atoms with Crippen molar-refractivity contribution in [1.29, 1.82) is 0 Å². The molecule has 0 saturated heterocycles. The van der Waals surface area contributed by atoms with Gasteiger partial charge in [-0.1, -0.05) is 21.1 Å². The molecule has 0 saturated carbocycles. The summed E-state index contributed by atoms with van der Waals surface area (Å²) in [6.45, 7) is 7.01. The highest BCUT2D eigenvalue weighted by Gasteiger charge is 2.16. The lowest BCUT2D eigenvalue weighted by molar-refractivity contribution is -0.142. The lowest BCUT2D eigenvalue weighted by atomic mass is 10.2. The Morgan fingerprint density at radius 1 is 1.25 bits per heavy atom. The van der Waals surface area contributed by atoms with Crippen molar-refractivity contribution in [2.45, 2.75) is 27.1 Å². The third-order valence-corrected chi connectivity index (χ3v) is 3.29. The Kier molecular flexibility index (Phi) is 5.28. The molecular formula is C14H18BrN3O2. The maximum Gasteiger partial charge on any atom is 0.204 e. The zero-order valence-corrected chi connectivity index (χ0v) is 13.4. The molecule has 20 heavy (non-hydrogen) atoms. The Balaban J connectivity index is 2.27. The van der Waals surface area contributed by atoms with Crippen molar-refractivity contribution in [3.8, 4) is 5.69 Å². The first-order valence-corrected chi connectivity index (χ1v) is 7.37. The molecule has 0 unspecified atom stereocenters. The highest BCUT2D eigenvalue weighted by Crippen LogP contribution is 2.21. The van der Waals surface area contributed by atoms with Gasteiger partial charge >= 0.3 is 0 Å². The van der Waals surface area contributed by atoms with Crippen LogP contribution in [0.4, 0.5) is 0 Å². The molecule has 1 aromatic heterocycles. The molecule has 2 rings (SSSR count). The van der Waals surface area contributed by atoms with E-state index in [4.69, 9.17) is 9.47 Å². The zero-order valence-electron chi connectivity index (χ0n) is 11.8. The molecule has 108 valence electrons. The highest BCUT2D eigenvalue weighted by atomic mass is 79.9. The average molecular weight is 340 g/mol. The van der Waals surface area contributed by atoms with Crippen LogP contribution in [0.2, 0.25) is 0 Å². The third kappa shape index (κ3) is 3.45. The molecule has 0 radical (unpaired) electrons. The van der Waals surface area contributed by atoms with Gasteiger partial charge in [0.2, 0.25) is 6.29 Å². The molecule has 0 N–H and O–H groups in total. The normalized spacial score (nSPS) is 11.2. The number of rotatable bonds is 6. The number of aromatic nitrogens is 3. The second-order valence-corrected chi connectivity index (χ2v) is 5.18.